The van der Waals surface area contributed by atoms with Gasteiger partial charge in [0.2, 0.25) is 5.91 Å². The third kappa shape index (κ3) is 7.10. The van der Waals surface area contributed by atoms with Gasteiger partial charge in [0.25, 0.3) is 0 Å². The highest BCUT2D eigenvalue weighted by atomic mass is 16.1. The van der Waals surface area contributed by atoms with E-state index >= 15 is 0 Å². The molecule has 2 N–H and O–H groups in total. The van der Waals surface area contributed by atoms with Gasteiger partial charge in [0.15, 0.2) is 0 Å². The molecule has 0 unspecified atom stereocenters. The van der Waals surface area contributed by atoms with Crippen molar-refractivity contribution in [1.29, 1.82) is 0 Å². The van der Waals surface area contributed by atoms with Gasteiger partial charge in [-0.25, -0.2) is 0 Å². The number of allylic oxidation sites excluding steroid dienone is 2. The van der Waals surface area contributed by atoms with E-state index in [2.05, 4.69) is 19.9 Å². The molecule has 0 radical (unpaired) electrons. The van der Waals surface area contributed by atoms with E-state index in [-0.39, 0.29) is 5.91 Å². The predicted molar refractivity (Wildman–Crippen MR) is 47.1 cm³/mol. The van der Waals surface area contributed by atoms with Crippen molar-refractivity contribution in [2.24, 2.45) is 5.73 Å². The third-order valence-corrected chi connectivity index (χ3v) is 1.53. The van der Waals surface area contributed by atoms with E-state index in [0.717, 1.165) is 12.8 Å². The first-order valence-electron chi connectivity index (χ1n) is 4.10. The third-order valence-electron chi connectivity index (χ3n) is 1.53. The van der Waals surface area contributed by atoms with Crippen LogP contribution < -0.4 is 5.73 Å². The Labute approximate surface area is 68.5 Å². The van der Waals surface area contributed by atoms with Gasteiger partial charge in [-0.3, -0.25) is 4.79 Å². The maximum absolute atomic E-state index is 10.3. The highest BCUT2D eigenvalue weighted by molar-refractivity contribution is 5.73. The minimum Gasteiger partial charge on any atom is -0.370 e. The van der Waals surface area contributed by atoms with Crippen LogP contribution in [0, 0.1) is 0 Å². The fourth-order valence-corrected chi connectivity index (χ4v) is 0.957. The zero-order valence-electron chi connectivity index (χ0n) is 7.39. The minimum absolute atomic E-state index is 0.217. The molecule has 0 rings (SSSR count). The molecular formula is C9H17NO. The standard InChI is InChI=1S/C9H17NO/c1-3-5-8(2)6-4-7-9(10)11/h6H,3-5,7H2,1-2H3,(H2,10,11)/b8-6-. The number of nitrogens with two attached hydrogens (primary N) is 1. The zero-order chi connectivity index (χ0) is 8.69. The second kappa shape index (κ2) is 5.96. The first-order valence-corrected chi connectivity index (χ1v) is 4.10. The molecule has 0 heterocycles. The fraction of sp³-hybridized carbons (Fsp3) is 0.667. The molecule has 0 atom stereocenters. The predicted octanol–water partition coefficient (Wildman–Crippen LogP) is 2.00. The molecule has 0 aliphatic heterocycles. The van der Waals surface area contributed by atoms with Crippen molar-refractivity contribution in [3.05, 3.63) is 11.6 Å². The number of carbonyl (C=O) groups is 1. The lowest BCUT2D eigenvalue weighted by atomic mass is 10.1. The molecule has 0 bridgehead atoms. The first kappa shape index (κ1) is 10.2. The Morgan fingerprint density at radius 1 is 1.45 bits per heavy atom. The Kier molecular flexibility index (Phi) is 5.53. The van der Waals surface area contributed by atoms with Crippen LogP contribution in [-0.2, 0) is 4.79 Å². The molecule has 0 aromatic carbocycles. The van der Waals surface area contributed by atoms with E-state index < -0.39 is 0 Å². The summed E-state index contributed by atoms with van der Waals surface area (Å²) in [7, 11) is 0. The van der Waals surface area contributed by atoms with Gasteiger partial charge in [-0.15, -0.1) is 0 Å². The van der Waals surface area contributed by atoms with Gasteiger partial charge in [0, 0.05) is 6.42 Å². The average molecular weight is 155 g/mol. The van der Waals surface area contributed by atoms with Crippen LogP contribution in [0.1, 0.15) is 39.5 Å². The topological polar surface area (TPSA) is 43.1 Å². The minimum atomic E-state index is -0.217. The second-order valence-electron chi connectivity index (χ2n) is 2.81. The van der Waals surface area contributed by atoms with Crippen molar-refractivity contribution in [2.75, 3.05) is 0 Å². The Morgan fingerprint density at radius 2 is 2.09 bits per heavy atom. The summed E-state index contributed by atoms with van der Waals surface area (Å²) >= 11 is 0. The lowest BCUT2D eigenvalue weighted by Gasteiger charge is -1.96. The molecule has 0 aromatic heterocycles. The van der Waals surface area contributed by atoms with Crippen LogP contribution in [-0.4, -0.2) is 5.91 Å². The van der Waals surface area contributed by atoms with E-state index in [0.29, 0.717) is 6.42 Å². The zero-order valence-corrected chi connectivity index (χ0v) is 7.39. The van der Waals surface area contributed by atoms with Gasteiger partial charge in [-0.05, 0) is 19.8 Å². The van der Waals surface area contributed by atoms with Crippen LogP contribution in [0.3, 0.4) is 0 Å². The van der Waals surface area contributed by atoms with E-state index in [1.54, 1.807) is 0 Å². The van der Waals surface area contributed by atoms with Crippen LogP contribution in [0.15, 0.2) is 11.6 Å². The molecule has 0 aliphatic rings. The molecule has 2 nitrogen and oxygen atoms in total. The maximum Gasteiger partial charge on any atom is 0.217 e. The number of hydrogen-bond acceptors (Lipinski definition) is 1. The molecule has 0 spiro atoms. The van der Waals surface area contributed by atoms with Gasteiger partial charge in [0.1, 0.15) is 0 Å². The quantitative estimate of drug-likeness (QED) is 0.606. The van der Waals surface area contributed by atoms with Crippen molar-refractivity contribution in [2.45, 2.75) is 39.5 Å². The maximum atomic E-state index is 10.3. The van der Waals surface area contributed by atoms with Gasteiger partial charge in [0.05, 0.1) is 0 Å². The summed E-state index contributed by atoms with van der Waals surface area (Å²) in [5.41, 5.74) is 6.34. The lowest BCUT2D eigenvalue weighted by molar-refractivity contribution is -0.117. The fourth-order valence-electron chi connectivity index (χ4n) is 0.957. The summed E-state index contributed by atoms with van der Waals surface area (Å²) in [6.45, 7) is 4.23. The number of carbonyl (C=O) groups excluding carboxylic acids is 1. The van der Waals surface area contributed by atoms with Crippen LogP contribution in [0.25, 0.3) is 0 Å². The van der Waals surface area contributed by atoms with Crippen LogP contribution >= 0.6 is 0 Å². The van der Waals surface area contributed by atoms with Gasteiger partial charge in [-0.2, -0.15) is 0 Å². The molecular weight excluding hydrogens is 138 g/mol. The number of rotatable bonds is 5. The largest absolute Gasteiger partial charge is 0.370 e. The van der Waals surface area contributed by atoms with E-state index in [4.69, 9.17) is 5.73 Å². The Balaban J connectivity index is 3.47. The molecule has 0 fully saturated rings. The smallest absolute Gasteiger partial charge is 0.217 e. The summed E-state index contributed by atoms with van der Waals surface area (Å²) in [5.74, 6) is -0.217. The molecule has 2 heteroatoms. The first-order chi connectivity index (χ1) is 5.16. The van der Waals surface area contributed by atoms with Gasteiger partial charge >= 0.3 is 0 Å². The van der Waals surface area contributed by atoms with Crippen LogP contribution in [0.2, 0.25) is 0 Å². The summed E-state index contributed by atoms with van der Waals surface area (Å²) < 4.78 is 0. The number of primary amides is 1. The second-order valence-corrected chi connectivity index (χ2v) is 2.81. The Bertz CT molecular complexity index is 150. The normalized spacial score (nSPS) is 11.6. The lowest BCUT2D eigenvalue weighted by Crippen LogP contribution is -2.08. The number of hydrogen-bond donors (Lipinski definition) is 1. The molecule has 0 aliphatic carbocycles. The summed E-state index contributed by atoms with van der Waals surface area (Å²) in [4.78, 5) is 10.3. The average Bonchev–Trinajstić information content (AvgIpc) is 1.87. The summed E-state index contributed by atoms with van der Waals surface area (Å²) in [6, 6.07) is 0. The monoisotopic (exact) mass is 155 g/mol. The molecule has 0 saturated carbocycles. The number of amides is 1. The van der Waals surface area contributed by atoms with Crippen molar-refractivity contribution < 1.29 is 4.79 Å². The highest BCUT2D eigenvalue weighted by Gasteiger charge is 1.91. The molecule has 11 heavy (non-hydrogen) atoms. The van der Waals surface area contributed by atoms with E-state index in [1.807, 2.05) is 0 Å². The Hall–Kier alpha value is -0.790. The van der Waals surface area contributed by atoms with E-state index in [1.165, 1.54) is 12.0 Å². The Morgan fingerprint density at radius 3 is 2.55 bits per heavy atom. The van der Waals surface area contributed by atoms with Crippen molar-refractivity contribution in [3.8, 4) is 0 Å². The molecule has 64 valence electrons. The van der Waals surface area contributed by atoms with Gasteiger partial charge < -0.3 is 5.73 Å². The molecule has 1 amide bonds. The van der Waals surface area contributed by atoms with Crippen molar-refractivity contribution in [3.63, 3.8) is 0 Å². The van der Waals surface area contributed by atoms with E-state index in [9.17, 15) is 4.79 Å². The molecule has 0 aromatic rings. The van der Waals surface area contributed by atoms with Gasteiger partial charge in [-0.1, -0.05) is 25.0 Å². The van der Waals surface area contributed by atoms with Crippen molar-refractivity contribution in [1.82, 2.24) is 0 Å². The summed E-state index contributed by atoms with van der Waals surface area (Å²) in [6.07, 6.45) is 5.65. The van der Waals surface area contributed by atoms with Crippen molar-refractivity contribution >= 4 is 5.91 Å². The van der Waals surface area contributed by atoms with Crippen LogP contribution in [0.5, 0.6) is 0 Å². The highest BCUT2D eigenvalue weighted by Crippen LogP contribution is 2.04. The SMILES string of the molecule is CCC/C(C)=C\CCC(N)=O. The summed E-state index contributed by atoms with van der Waals surface area (Å²) in [5, 5.41) is 0. The molecule has 0 saturated heterocycles. The van der Waals surface area contributed by atoms with Crippen LogP contribution in [0.4, 0.5) is 0 Å².